The number of carboxylic acids is 1. The topological polar surface area (TPSA) is 335 Å². The first kappa shape index (κ1) is 67.1. The lowest BCUT2D eigenvalue weighted by molar-refractivity contribution is -0.146. The highest BCUT2D eigenvalue weighted by molar-refractivity contribution is 5.98. The maximum atomic E-state index is 13.1. The van der Waals surface area contributed by atoms with Gasteiger partial charge in [-0.2, -0.15) is 0 Å². The number of allylic oxidation sites excluding steroid dienone is 2. The molecule has 2 aromatic rings. The van der Waals surface area contributed by atoms with Gasteiger partial charge in [-0.1, -0.05) is 59.6 Å². The van der Waals surface area contributed by atoms with Gasteiger partial charge in [-0.25, -0.2) is 14.4 Å². The van der Waals surface area contributed by atoms with Crippen molar-refractivity contribution >= 4 is 70.7 Å². The molecule has 426 valence electrons. The van der Waals surface area contributed by atoms with Gasteiger partial charge >= 0.3 is 23.9 Å². The Bertz CT molecular complexity index is 2490. The summed E-state index contributed by atoms with van der Waals surface area (Å²) in [5.41, 5.74) is -1.73. The maximum Gasteiger partial charge on any atom is 0.330 e. The highest BCUT2D eigenvalue weighted by atomic mass is 16.5. The van der Waals surface area contributed by atoms with E-state index < -0.39 is 95.6 Å². The van der Waals surface area contributed by atoms with Crippen molar-refractivity contribution in [3.8, 4) is 0 Å². The SMILES string of the molecule is CCOC(=O)/C=C/CC[C@H](NC(=O)CCC(=O)O)C(=O)Nc1cccn(CC(=O)N[C@@H](CC(C)(C)C)C(=O)OC)c1=O.CCOC(=O)/C=C/CC[C@H](NC(C)=O)C(=O)Nc1cccn(CC(=O)NCCC(CC)CC)c1=O. The number of nitrogens with zero attached hydrogens (tertiary/aromatic N) is 2. The minimum absolute atomic E-state index is 0.000234. The second kappa shape index (κ2) is 36.1. The van der Waals surface area contributed by atoms with Crippen LogP contribution in [0.3, 0.4) is 0 Å². The van der Waals surface area contributed by atoms with Gasteiger partial charge in [0.15, 0.2) is 0 Å². The monoisotopic (exact) mass is 1080 g/mol. The van der Waals surface area contributed by atoms with E-state index in [0.29, 0.717) is 25.3 Å². The van der Waals surface area contributed by atoms with Crippen molar-refractivity contribution in [2.24, 2.45) is 11.3 Å². The van der Waals surface area contributed by atoms with Crippen molar-refractivity contribution in [3.05, 3.63) is 81.7 Å². The van der Waals surface area contributed by atoms with E-state index in [1.54, 1.807) is 26.0 Å². The molecule has 0 aliphatic heterocycles. The number of hydrogen-bond acceptors (Lipinski definition) is 15. The lowest BCUT2D eigenvalue weighted by Crippen LogP contribution is -2.46. The molecule has 0 spiro atoms. The zero-order valence-corrected chi connectivity index (χ0v) is 45.7. The molecule has 0 aliphatic rings. The number of anilines is 2. The molecule has 2 aromatic heterocycles. The Hall–Kier alpha value is -7.92. The third kappa shape index (κ3) is 28.5. The van der Waals surface area contributed by atoms with E-state index >= 15 is 0 Å². The van der Waals surface area contributed by atoms with E-state index in [4.69, 9.17) is 19.3 Å². The fourth-order valence-electron chi connectivity index (χ4n) is 7.15. The smallest absolute Gasteiger partial charge is 0.330 e. The third-order valence-corrected chi connectivity index (χ3v) is 11.1. The van der Waals surface area contributed by atoms with Crippen LogP contribution in [0.1, 0.15) is 120 Å². The predicted molar refractivity (Wildman–Crippen MR) is 285 cm³/mol. The molecular weight excluding hydrogens is 1000 g/mol. The van der Waals surface area contributed by atoms with Gasteiger partial charge in [-0.15, -0.1) is 0 Å². The van der Waals surface area contributed by atoms with Gasteiger partial charge in [0.25, 0.3) is 11.1 Å². The van der Waals surface area contributed by atoms with Crippen LogP contribution in [-0.2, 0) is 75.2 Å². The van der Waals surface area contributed by atoms with E-state index in [0.717, 1.165) is 23.8 Å². The number of carbonyl (C=O) groups is 10. The quantitative estimate of drug-likeness (QED) is 0.0324. The summed E-state index contributed by atoms with van der Waals surface area (Å²) in [7, 11) is 1.21. The average molecular weight is 1080 g/mol. The number of hydrogen-bond donors (Lipinski definition) is 7. The Morgan fingerprint density at radius 2 is 1.12 bits per heavy atom. The number of rotatable bonds is 31. The summed E-state index contributed by atoms with van der Waals surface area (Å²) >= 11 is 0. The Morgan fingerprint density at radius 1 is 0.649 bits per heavy atom. The lowest BCUT2D eigenvalue weighted by Gasteiger charge is -2.25. The van der Waals surface area contributed by atoms with Gasteiger partial charge in [0, 0.05) is 44.4 Å². The number of aromatic nitrogens is 2. The molecular formula is C53H78N8O16. The van der Waals surface area contributed by atoms with E-state index in [1.807, 2.05) is 20.8 Å². The van der Waals surface area contributed by atoms with Crippen LogP contribution >= 0.6 is 0 Å². The molecule has 3 atom stereocenters. The largest absolute Gasteiger partial charge is 0.481 e. The molecule has 0 fully saturated rings. The van der Waals surface area contributed by atoms with Crippen LogP contribution in [0.2, 0.25) is 0 Å². The van der Waals surface area contributed by atoms with Crippen molar-refractivity contribution in [2.75, 3.05) is 37.5 Å². The number of pyridine rings is 2. The molecule has 24 nitrogen and oxygen atoms in total. The van der Waals surface area contributed by atoms with Crippen molar-refractivity contribution < 1.29 is 67.3 Å². The molecule has 0 bridgehead atoms. The number of aliphatic carboxylic acids is 1. The minimum Gasteiger partial charge on any atom is -0.481 e. The average Bonchev–Trinajstić information content (AvgIpc) is 3.35. The molecule has 0 saturated heterocycles. The summed E-state index contributed by atoms with van der Waals surface area (Å²) < 4.78 is 16.6. The van der Waals surface area contributed by atoms with Gasteiger partial charge in [0.2, 0.25) is 35.4 Å². The number of amides is 6. The van der Waals surface area contributed by atoms with Crippen molar-refractivity contribution in [1.82, 2.24) is 30.4 Å². The Labute approximate surface area is 448 Å². The first-order chi connectivity index (χ1) is 36.4. The first-order valence-electron chi connectivity index (χ1n) is 25.5. The van der Waals surface area contributed by atoms with Gasteiger partial charge < -0.3 is 60.4 Å². The number of esters is 3. The number of nitrogens with one attached hydrogen (secondary N) is 6. The maximum absolute atomic E-state index is 13.1. The molecule has 0 unspecified atom stereocenters. The van der Waals surface area contributed by atoms with E-state index in [1.165, 1.54) is 67.4 Å². The first-order valence-corrected chi connectivity index (χ1v) is 25.5. The molecule has 2 rings (SSSR count). The van der Waals surface area contributed by atoms with Crippen LogP contribution in [0, 0.1) is 11.3 Å². The fourth-order valence-corrected chi connectivity index (χ4v) is 7.15. The summed E-state index contributed by atoms with van der Waals surface area (Å²) in [5.74, 6) is -5.68. The van der Waals surface area contributed by atoms with Gasteiger partial charge in [0.1, 0.15) is 42.6 Å². The van der Waals surface area contributed by atoms with Gasteiger partial charge in [-0.05, 0) is 88.0 Å². The second-order valence-electron chi connectivity index (χ2n) is 18.6. The zero-order valence-electron chi connectivity index (χ0n) is 45.7. The van der Waals surface area contributed by atoms with Gasteiger partial charge in [0.05, 0.1) is 26.7 Å². The number of carbonyl (C=O) groups excluding carboxylic acids is 9. The van der Waals surface area contributed by atoms with Crippen molar-refractivity contribution in [1.29, 1.82) is 0 Å². The zero-order chi connectivity index (χ0) is 58.1. The summed E-state index contributed by atoms with van der Waals surface area (Å²) in [6, 6.07) is 2.73. The van der Waals surface area contributed by atoms with Gasteiger partial charge in [-0.3, -0.25) is 43.2 Å². The molecule has 0 aliphatic carbocycles. The Kier molecular flexibility index (Phi) is 31.5. The van der Waals surface area contributed by atoms with E-state index in [9.17, 15) is 57.5 Å². The normalized spacial score (nSPS) is 12.2. The molecule has 7 N–H and O–H groups in total. The van der Waals surface area contributed by atoms with E-state index in [-0.39, 0.29) is 68.1 Å². The van der Waals surface area contributed by atoms with Crippen LogP contribution < -0.4 is 43.0 Å². The lowest BCUT2D eigenvalue weighted by atomic mass is 9.88. The standard InChI is InChI=1S/C28H40N4O10.C25H38N4O6/c1-6-42-24(37)12-8-7-10-18(29-21(33)13-14-23(35)36)25(38)31-19-11-9-15-32(26(19)39)17-22(34)30-20(27(40)41-5)16-28(2,3)4;1-5-19(6-2)14-15-26-22(31)17-29-16-10-12-21(25(29)34)28-24(33)20(27-18(4)30)11-8-9-13-23(32)35-7-3/h8-9,11-12,15,18,20H,6-7,10,13-14,16-17H2,1-5H3,(H,29,33)(H,30,34)(H,31,38)(H,35,36);9-10,12-13,16,19-20H,5-8,11,14-15,17H2,1-4H3,(H,26,31)(H,27,30)(H,28,33)/b12-8+;13-9+/t18-,20-;20-/m00/s1. The minimum atomic E-state index is -1.19. The molecule has 6 amide bonds. The van der Waals surface area contributed by atoms with Crippen LogP contribution in [0.5, 0.6) is 0 Å². The van der Waals surface area contributed by atoms with Crippen LogP contribution in [-0.4, -0.2) is 119 Å². The molecule has 0 saturated carbocycles. The van der Waals surface area contributed by atoms with Crippen LogP contribution in [0.4, 0.5) is 11.4 Å². The van der Waals surface area contributed by atoms with Crippen LogP contribution in [0.15, 0.2) is 70.6 Å². The Balaban J connectivity index is 0.000000783. The highest BCUT2D eigenvalue weighted by Gasteiger charge is 2.28. The number of methoxy groups -OCH3 is 1. The number of ether oxygens (including phenoxy) is 3. The summed E-state index contributed by atoms with van der Waals surface area (Å²) in [6.45, 7) is 14.9. The molecule has 24 heteroatoms. The number of carboxylic acid groups (broad SMARTS) is 1. The molecule has 0 aromatic carbocycles. The predicted octanol–water partition coefficient (Wildman–Crippen LogP) is 3.26. The molecule has 2 heterocycles. The fraction of sp³-hybridized carbons (Fsp3) is 0.547. The van der Waals surface area contributed by atoms with Crippen molar-refractivity contribution in [2.45, 2.75) is 151 Å². The summed E-state index contributed by atoms with van der Waals surface area (Å²) in [5, 5.41) is 24.2. The Morgan fingerprint density at radius 3 is 1.55 bits per heavy atom. The van der Waals surface area contributed by atoms with Crippen molar-refractivity contribution in [3.63, 3.8) is 0 Å². The third-order valence-electron chi connectivity index (χ3n) is 11.1. The second-order valence-corrected chi connectivity index (χ2v) is 18.6. The summed E-state index contributed by atoms with van der Waals surface area (Å²) in [4.78, 5) is 146. The molecule has 0 radical (unpaired) electrons. The summed E-state index contributed by atoms with van der Waals surface area (Å²) in [6.07, 6.45) is 11.5. The van der Waals surface area contributed by atoms with E-state index in [2.05, 4.69) is 45.7 Å². The highest BCUT2D eigenvalue weighted by Crippen LogP contribution is 2.21. The van der Waals surface area contributed by atoms with Crippen LogP contribution in [0.25, 0.3) is 0 Å². The molecule has 77 heavy (non-hydrogen) atoms.